The maximum atomic E-state index is 11.2. The van der Waals surface area contributed by atoms with E-state index in [2.05, 4.69) is 21.2 Å². The number of hydrogen-bond acceptors (Lipinski definition) is 3. The molecule has 0 aromatic rings. The van der Waals surface area contributed by atoms with Gasteiger partial charge in [0.1, 0.15) is 5.78 Å². The molecular weight excluding hydrogens is 234 g/mol. The number of ketones is 1. The second-order valence-corrected chi connectivity index (χ2v) is 4.40. The van der Waals surface area contributed by atoms with Gasteiger partial charge in [-0.3, -0.25) is 4.79 Å². The van der Waals surface area contributed by atoms with Crippen LogP contribution in [0, 0.1) is 0 Å². The monoisotopic (exact) mass is 249 g/mol. The van der Waals surface area contributed by atoms with Crippen molar-refractivity contribution in [1.29, 1.82) is 0 Å². The molecule has 4 heteroatoms. The summed E-state index contributed by atoms with van der Waals surface area (Å²) in [5.74, 6) is 0.154. The van der Waals surface area contributed by atoms with E-state index in [-0.39, 0.29) is 22.8 Å². The Bertz CT molecular complexity index is 186. The van der Waals surface area contributed by atoms with Crippen LogP contribution >= 0.6 is 15.9 Å². The van der Waals surface area contributed by atoms with Gasteiger partial charge in [0.15, 0.2) is 0 Å². The molecule has 1 rings (SSSR count). The van der Waals surface area contributed by atoms with Gasteiger partial charge >= 0.3 is 0 Å². The number of carbonyl (C=O) groups excluding carboxylic acids is 1. The minimum atomic E-state index is -0.127. The highest BCUT2D eigenvalue weighted by atomic mass is 79.9. The Kier molecular flexibility index (Phi) is 4.35. The van der Waals surface area contributed by atoms with E-state index in [1.807, 2.05) is 0 Å². The van der Waals surface area contributed by atoms with Gasteiger partial charge in [-0.15, -0.1) is 0 Å². The second kappa shape index (κ2) is 5.08. The van der Waals surface area contributed by atoms with Gasteiger partial charge in [-0.1, -0.05) is 15.9 Å². The highest BCUT2D eigenvalue weighted by molar-refractivity contribution is 9.10. The number of halogens is 1. The van der Waals surface area contributed by atoms with E-state index < -0.39 is 0 Å². The molecule has 1 N–H and O–H groups in total. The SMILES string of the molecule is COC1CCCNC1C(Br)C(C)=O. The summed E-state index contributed by atoms with van der Waals surface area (Å²) in [6.07, 6.45) is 2.30. The number of ether oxygens (including phenoxy) is 1. The molecule has 0 aromatic heterocycles. The highest BCUT2D eigenvalue weighted by Gasteiger charge is 2.32. The molecule has 1 aliphatic rings. The molecule has 3 atom stereocenters. The molecule has 1 saturated heterocycles. The van der Waals surface area contributed by atoms with Crippen LogP contribution in [0.2, 0.25) is 0 Å². The van der Waals surface area contributed by atoms with Crippen LogP contribution < -0.4 is 5.32 Å². The van der Waals surface area contributed by atoms with Gasteiger partial charge in [0.2, 0.25) is 0 Å². The first-order chi connectivity index (χ1) is 6.16. The summed E-state index contributed by atoms with van der Waals surface area (Å²) in [7, 11) is 1.70. The summed E-state index contributed by atoms with van der Waals surface area (Å²) >= 11 is 3.39. The Balaban J connectivity index is 2.58. The molecule has 0 spiro atoms. The normalized spacial score (nSPS) is 31.3. The first-order valence-corrected chi connectivity index (χ1v) is 5.49. The zero-order valence-corrected chi connectivity index (χ0v) is 9.63. The average Bonchev–Trinajstić information content (AvgIpc) is 2.16. The molecule has 0 saturated carbocycles. The van der Waals surface area contributed by atoms with Crippen LogP contribution in [0.15, 0.2) is 0 Å². The fourth-order valence-electron chi connectivity index (χ4n) is 1.69. The average molecular weight is 250 g/mol. The third kappa shape index (κ3) is 2.76. The summed E-state index contributed by atoms with van der Waals surface area (Å²) in [4.78, 5) is 11.0. The topological polar surface area (TPSA) is 38.3 Å². The third-order valence-corrected chi connectivity index (χ3v) is 3.67. The number of rotatable bonds is 3. The zero-order valence-electron chi connectivity index (χ0n) is 8.05. The minimum Gasteiger partial charge on any atom is -0.380 e. The van der Waals surface area contributed by atoms with E-state index in [0.29, 0.717) is 0 Å². The van der Waals surface area contributed by atoms with Gasteiger partial charge in [0.25, 0.3) is 0 Å². The molecule has 0 aromatic carbocycles. The number of nitrogens with one attached hydrogen (secondary N) is 1. The van der Waals surface area contributed by atoms with Crippen LogP contribution in [-0.2, 0) is 9.53 Å². The lowest BCUT2D eigenvalue weighted by molar-refractivity contribution is -0.117. The number of methoxy groups -OCH3 is 1. The van der Waals surface area contributed by atoms with Crippen LogP contribution in [0.1, 0.15) is 19.8 Å². The van der Waals surface area contributed by atoms with Crippen LogP contribution in [0.25, 0.3) is 0 Å². The van der Waals surface area contributed by atoms with Crippen LogP contribution in [-0.4, -0.2) is 36.4 Å². The molecule has 76 valence electrons. The van der Waals surface area contributed by atoms with Gasteiger partial charge in [-0.2, -0.15) is 0 Å². The quantitative estimate of drug-likeness (QED) is 0.762. The Hall–Kier alpha value is 0.0700. The van der Waals surface area contributed by atoms with Crippen molar-refractivity contribution < 1.29 is 9.53 Å². The molecule has 1 aliphatic heterocycles. The summed E-state index contributed by atoms with van der Waals surface area (Å²) in [5, 5.41) is 3.31. The van der Waals surface area contributed by atoms with Crippen molar-refractivity contribution in [2.45, 2.75) is 36.7 Å². The summed E-state index contributed by atoms with van der Waals surface area (Å²) in [6.45, 7) is 2.57. The lowest BCUT2D eigenvalue weighted by Crippen LogP contribution is -2.52. The zero-order chi connectivity index (χ0) is 9.84. The van der Waals surface area contributed by atoms with Gasteiger partial charge in [-0.25, -0.2) is 0 Å². The summed E-state index contributed by atoms with van der Waals surface area (Å²) in [6, 6.07) is 0.122. The Morgan fingerprint density at radius 1 is 1.69 bits per heavy atom. The smallest absolute Gasteiger partial charge is 0.145 e. The fraction of sp³-hybridized carbons (Fsp3) is 0.889. The molecular formula is C9H16BrNO2. The second-order valence-electron chi connectivity index (χ2n) is 3.41. The number of Topliss-reactive ketones (excluding diaryl/α,β-unsaturated/α-hetero) is 1. The third-order valence-electron chi connectivity index (χ3n) is 2.45. The standard InChI is InChI=1S/C9H16BrNO2/c1-6(12)8(10)9-7(13-2)4-3-5-11-9/h7-9,11H,3-5H2,1-2H3. The molecule has 3 unspecified atom stereocenters. The predicted molar refractivity (Wildman–Crippen MR) is 55.2 cm³/mol. The summed E-state index contributed by atoms with van der Waals surface area (Å²) < 4.78 is 5.33. The van der Waals surface area contributed by atoms with Gasteiger partial charge in [0.05, 0.1) is 17.0 Å². The highest BCUT2D eigenvalue weighted by Crippen LogP contribution is 2.19. The van der Waals surface area contributed by atoms with E-state index >= 15 is 0 Å². The lowest BCUT2D eigenvalue weighted by atomic mass is 9.97. The van der Waals surface area contributed by atoms with Crippen LogP contribution in [0.5, 0.6) is 0 Å². The molecule has 1 fully saturated rings. The van der Waals surface area contributed by atoms with E-state index in [9.17, 15) is 4.79 Å². The van der Waals surface area contributed by atoms with Crippen molar-refractivity contribution in [3.05, 3.63) is 0 Å². The number of alkyl halides is 1. The maximum absolute atomic E-state index is 11.2. The Morgan fingerprint density at radius 2 is 2.38 bits per heavy atom. The number of carbonyl (C=O) groups is 1. The van der Waals surface area contributed by atoms with Crippen molar-refractivity contribution in [2.24, 2.45) is 0 Å². The Labute approximate surface area is 87.3 Å². The molecule has 0 bridgehead atoms. The predicted octanol–water partition coefficient (Wildman–Crippen LogP) is 1.11. The first kappa shape index (κ1) is 11.1. The van der Waals surface area contributed by atoms with Crippen molar-refractivity contribution >= 4 is 21.7 Å². The van der Waals surface area contributed by atoms with Crippen LogP contribution in [0.3, 0.4) is 0 Å². The molecule has 13 heavy (non-hydrogen) atoms. The van der Waals surface area contributed by atoms with Crippen molar-refractivity contribution in [3.8, 4) is 0 Å². The molecule has 1 heterocycles. The number of hydrogen-bond donors (Lipinski definition) is 1. The van der Waals surface area contributed by atoms with E-state index in [1.165, 1.54) is 0 Å². The van der Waals surface area contributed by atoms with Crippen molar-refractivity contribution in [3.63, 3.8) is 0 Å². The molecule has 0 radical (unpaired) electrons. The van der Waals surface area contributed by atoms with E-state index in [0.717, 1.165) is 19.4 Å². The Morgan fingerprint density at radius 3 is 2.92 bits per heavy atom. The van der Waals surface area contributed by atoms with Crippen molar-refractivity contribution in [1.82, 2.24) is 5.32 Å². The largest absolute Gasteiger partial charge is 0.380 e. The molecule has 0 amide bonds. The summed E-state index contributed by atoms with van der Waals surface area (Å²) in [5.41, 5.74) is 0. The van der Waals surface area contributed by atoms with Gasteiger partial charge in [-0.05, 0) is 26.3 Å². The van der Waals surface area contributed by atoms with Crippen LogP contribution in [0.4, 0.5) is 0 Å². The fourth-order valence-corrected chi connectivity index (χ4v) is 2.22. The molecule has 3 nitrogen and oxygen atoms in total. The van der Waals surface area contributed by atoms with Gasteiger partial charge in [0, 0.05) is 7.11 Å². The van der Waals surface area contributed by atoms with E-state index in [1.54, 1.807) is 14.0 Å². The molecule has 0 aliphatic carbocycles. The first-order valence-electron chi connectivity index (χ1n) is 4.57. The van der Waals surface area contributed by atoms with E-state index in [4.69, 9.17) is 4.74 Å². The maximum Gasteiger partial charge on any atom is 0.145 e. The van der Waals surface area contributed by atoms with Crippen molar-refractivity contribution in [2.75, 3.05) is 13.7 Å². The van der Waals surface area contributed by atoms with Gasteiger partial charge < -0.3 is 10.1 Å². The lowest BCUT2D eigenvalue weighted by Gasteiger charge is -2.33. The minimum absolute atomic E-state index is 0.122. The number of piperidine rings is 1.